The molecule has 1 saturated heterocycles. The number of hydrogen-bond acceptors (Lipinski definition) is 4. The van der Waals surface area contributed by atoms with Gasteiger partial charge in [-0.3, -0.25) is 9.59 Å². The molecular formula is C18H25F2N3O4S. The Bertz CT molecular complexity index is 817. The van der Waals surface area contributed by atoms with E-state index in [2.05, 4.69) is 10.0 Å². The number of rotatable bonds is 8. The molecule has 0 saturated carbocycles. The van der Waals surface area contributed by atoms with Gasteiger partial charge in [-0.25, -0.2) is 21.9 Å². The average Bonchev–Trinajstić information content (AvgIpc) is 2.63. The van der Waals surface area contributed by atoms with Crippen molar-refractivity contribution in [2.24, 2.45) is 5.92 Å². The van der Waals surface area contributed by atoms with Gasteiger partial charge in [-0.05, 0) is 37.3 Å². The third kappa shape index (κ3) is 7.16. The van der Waals surface area contributed by atoms with Gasteiger partial charge in [0.1, 0.15) is 11.6 Å². The molecule has 1 unspecified atom stereocenters. The SMILES string of the molecule is CS(=O)(=O)NCC1CCCN(C(=O)CCCNC(=O)c2ccc(F)cc2F)C1. The molecule has 2 N–H and O–H groups in total. The summed E-state index contributed by atoms with van der Waals surface area (Å²) >= 11 is 0. The molecule has 28 heavy (non-hydrogen) atoms. The van der Waals surface area contributed by atoms with Crippen LogP contribution in [0.3, 0.4) is 0 Å². The van der Waals surface area contributed by atoms with Gasteiger partial charge in [-0.15, -0.1) is 0 Å². The molecule has 2 rings (SSSR count). The second-order valence-corrected chi connectivity index (χ2v) is 8.79. The van der Waals surface area contributed by atoms with Crippen LogP contribution in [0.25, 0.3) is 0 Å². The summed E-state index contributed by atoms with van der Waals surface area (Å²) in [7, 11) is -3.26. The first-order valence-corrected chi connectivity index (χ1v) is 11.0. The normalized spacial score (nSPS) is 17.4. The third-order valence-corrected chi connectivity index (χ3v) is 5.23. The maximum atomic E-state index is 13.5. The summed E-state index contributed by atoms with van der Waals surface area (Å²) in [6.07, 6.45) is 3.37. The molecule has 2 amide bonds. The van der Waals surface area contributed by atoms with E-state index in [4.69, 9.17) is 0 Å². The quantitative estimate of drug-likeness (QED) is 0.623. The van der Waals surface area contributed by atoms with Gasteiger partial charge < -0.3 is 10.2 Å². The van der Waals surface area contributed by atoms with Gasteiger partial charge >= 0.3 is 0 Å². The average molecular weight is 417 g/mol. The Hall–Kier alpha value is -2.07. The fraction of sp³-hybridized carbons (Fsp3) is 0.556. The van der Waals surface area contributed by atoms with E-state index in [9.17, 15) is 26.8 Å². The molecular weight excluding hydrogens is 392 g/mol. The molecule has 7 nitrogen and oxygen atoms in total. The van der Waals surface area contributed by atoms with E-state index in [-0.39, 0.29) is 30.4 Å². The molecule has 0 aromatic heterocycles. The highest BCUT2D eigenvalue weighted by Gasteiger charge is 2.24. The Labute approximate surface area is 163 Å². The summed E-state index contributed by atoms with van der Waals surface area (Å²) in [4.78, 5) is 25.9. The summed E-state index contributed by atoms with van der Waals surface area (Å²) < 4.78 is 51.3. The number of benzene rings is 1. The van der Waals surface area contributed by atoms with Crippen molar-refractivity contribution in [3.63, 3.8) is 0 Å². The van der Waals surface area contributed by atoms with E-state index >= 15 is 0 Å². The largest absolute Gasteiger partial charge is 0.352 e. The number of amides is 2. The highest BCUT2D eigenvalue weighted by atomic mass is 32.2. The van der Waals surface area contributed by atoms with Crippen LogP contribution in [0.15, 0.2) is 18.2 Å². The van der Waals surface area contributed by atoms with Gasteiger partial charge in [0.05, 0.1) is 11.8 Å². The standard InChI is InChI=1S/C18H25F2N3O4S/c1-28(26,27)22-11-13-4-3-9-23(12-13)17(24)5-2-8-21-18(25)15-7-6-14(19)10-16(15)20/h6-7,10,13,22H,2-5,8-9,11-12H2,1H3,(H,21,25). The van der Waals surface area contributed by atoms with E-state index in [1.54, 1.807) is 4.90 Å². The van der Waals surface area contributed by atoms with Crippen molar-refractivity contribution in [1.82, 2.24) is 14.9 Å². The number of piperidine rings is 1. The lowest BCUT2D eigenvalue weighted by atomic mass is 9.98. The maximum Gasteiger partial charge on any atom is 0.254 e. The zero-order chi connectivity index (χ0) is 20.7. The molecule has 1 aromatic carbocycles. The van der Waals surface area contributed by atoms with E-state index in [1.165, 1.54) is 0 Å². The Morgan fingerprint density at radius 2 is 2.04 bits per heavy atom. The van der Waals surface area contributed by atoms with Gasteiger partial charge in [0, 0.05) is 38.7 Å². The zero-order valence-corrected chi connectivity index (χ0v) is 16.5. The van der Waals surface area contributed by atoms with Gasteiger partial charge in [0.2, 0.25) is 15.9 Å². The minimum Gasteiger partial charge on any atom is -0.352 e. The van der Waals surface area contributed by atoms with Crippen molar-refractivity contribution in [2.45, 2.75) is 25.7 Å². The topological polar surface area (TPSA) is 95.6 Å². The Kier molecular flexibility index (Phi) is 7.88. The summed E-state index contributed by atoms with van der Waals surface area (Å²) in [5, 5.41) is 2.51. The van der Waals surface area contributed by atoms with Crippen LogP contribution in [0.2, 0.25) is 0 Å². The Morgan fingerprint density at radius 3 is 2.71 bits per heavy atom. The summed E-state index contributed by atoms with van der Waals surface area (Å²) in [6, 6.07) is 2.72. The molecule has 1 aliphatic heterocycles. The minimum absolute atomic E-state index is 0.0636. The molecule has 0 spiro atoms. The van der Waals surface area contributed by atoms with E-state index in [0.717, 1.165) is 31.2 Å². The van der Waals surface area contributed by atoms with Crippen molar-refractivity contribution in [2.75, 3.05) is 32.4 Å². The van der Waals surface area contributed by atoms with Crippen LogP contribution in [0.4, 0.5) is 8.78 Å². The number of halogens is 2. The first-order valence-electron chi connectivity index (χ1n) is 9.11. The van der Waals surface area contributed by atoms with Crippen LogP contribution < -0.4 is 10.0 Å². The lowest BCUT2D eigenvalue weighted by molar-refractivity contribution is -0.133. The molecule has 1 aliphatic rings. The maximum absolute atomic E-state index is 13.5. The minimum atomic E-state index is -3.26. The molecule has 10 heteroatoms. The number of nitrogens with one attached hydrogen (secondary N) is 2. The molecule has 1 aromatic rings. The van der Waals surface area contributed by atoms with Crippen LogP contribution in [-0.2, 0) is 14.8 Å². The second kappa shape index (κ2) is 9.92. The van der Waals surface area contributed by atoms with Gasteiger partial charge in [0.25, 0.3) is 5.91 Å². The van der Waals surface area contributed by atoms with Crippen molar-refractivity contribution in [3.8, 4) is 0 Å². The monoisotopic (exact) mass is 417 g/mol. The van der Waals surface area contributed by atoms with Crippen molar-refractivity contribution < 1.29 is 26.8 Å². The van der Waals surface area contributed by atoms with Crippen LogP contribution in [0, 0.1) is 17.6 Å². The summed E-state index contributed by atoms with van der Waals surface area (Å²) in [5.74, 6) is -2.34. The summed E-state index contributed by atoms with van der Waals surface area (Å²) in [6.45, 7) is 1.62. The smallest absolute Gasteiger partial charge is 0.254 e. The first-order chi connectivity index (χ1) is 13.2. The molecule has 1 fully saturated rings. The van der Waals surface area contributed by atoms with Gasteiger partial charge in [-0.1, -0.05) is 0 Å². The Balaban J connectivity index is 1.72. The molecule has 1 atom stereocenters. The van der Waals surface area contributed by atoms with E-state index in [0.29, 0.717) is 32.1 Å². The van der Waals surface area contributed by atoms with E-state index < -0.39 is 27.6 Å². The van der Waals surface area contributed by atoms with Gasteiger partial charge in [-0.2, -0.15) is 0 Å². The fourth-order valence-electron chi connectivity index (χ4n) is 3.10. The Morgan fingerprint density at radius 1 is 1.29 bits per heavy atom. The molecule has 0 radical (unpaired) electrons. The number of hydrogen-bond donors (Lipinski definition) is 2. The highest BCUT2D eigenvalue weighted by molar-refractivity contribution is 7.88. The molecule has 156 valence electrons. The van der Waals surface area contributed by atoms with Crippen molar-refractivity contribution in [1.29, 1.82) is 0 Å². The zero-order valence-electron chi connectivity index (χ0n) is 15.7. The van der Waals surface area contributed by atoms with Crippen LogP contribution >= 0.6 is 0 Å². The van der Waals surface area contributed by atoms with Crippen molar-refractivity contribution >= 4 is 21.8 Å². The number of likely N-dealkylation sites (tertiary alicyclic amines) is 1. The van der Waals surface area contributed by atoms with Crippen molar-refractivity contribution in [3.05, 3.63) is 35.4 Å². The lowest BCUT2D eigenvalue weighted by Gasteiger charge is -2.33. The van der Waals surface area contributed by atoms with Crippen LogP contribution in [0.1, 0.15) is 36.0 Å². The first kappa shape index (κ1) is 22.2. The number of carbonyl (C=O) groups excluding carboxylic acids is 2. The second-order valence-electron chi connectivity index (χ2n) is 6.95. The van der Waals surface area contributed by atoms with E-state index in [1.807, 2.05) is 0 Å². The molecule has 1 heterocycles. The fourth-order valence-corrected chi connectivity index (χ4v) is 3.63. The number of nitrogens with zero attached hydrogens (tertiary/aromatic N) is 1. The van der Waals surface area contributed by atoms with Gasteiger partial charge in [0.15, 0.2) is 0 Å². The highest BCUT2D eigenvalue weighted by Crippen LogP contribution is 2.17. The predicted molar refractivity (Wildman–Crippen MR) is 100 cm³/mol. The number of sulfonamides is 1. The van der Waals surface area contributed by atoms with Crippen LogP contribution in [0.5, 0.6) is 0 Å². The lowest BCUT2D eigenvalue weighted by Crippen LogP contribution is -2.43. The molecule has 0 bridgehead atoms. The number of carbonyl (C=O) groups is 2. The summed E-state index contributed by atoms with van der Waals surface area (Å²) in [5.41, 5.74) is -0.245. The molecule has 0 aliphatic carbocycles. The third-order valence-electron chi connectivity index (χ3n) is 4.53. The predicted octanol–water partition coefficient (Wildman–Crippen LogP) is 1.26. The van der Waals surface area contributed by atoms with Crippen LogP contribution in [-0.4, -0.2) is 57.6 Å².